The summed E-state index contributed by atoms with van der Waals surface area (Å²) in [6.07, 6.45) is 1.15. The van der Waals surface area contributed by atoms with Gasteiger partial charge in [-0.1, -0.05) is 6.07 Å². The number of nitrogens with two attached hydrogens (primary N) is 1. The molecule has 0 radical (unpaired) electrons. The van der Waals surface area contributed by atoms with Gasteiger partial charge in [-0.15, -0.1) is 5.10 Å². The van der Waals surface area contributed by atoms with Gasteiger partial charge in [0.2, 0.25) is 0 Å². The van der Waals surface area contributed by atoms with Crippen LogP contribution in [-0.4, -0.2) is 75.5 Å². The number of benzene rings is 1. The van der Waals surface area contributed by atoms with E-state index in [2.05, 4.69) is 15.4 Å². The number of hydrogen-bond donors (Lipinski definition) is 5. The fraction of sp³-hybridized carbons (Fsp3) is 0.381. The maximum Gasteiger partial charge on any atom is 0.259 e. The number of hydrogen-bond acceptors (Lipinski definition) is 9. The van der Waals surface area contributed by atoms with Gasteiger partial charge < -0.3 is 36.0 Å². The molecule has 2 aromatic heterocycles. The van der Waals surface area contributed by atoms with Crippen LogP contribution in [0.15, 0.2) is 24.4 Å². The molecule has 3 heterocycles. The highest BCUT2D eigenvalue weighted by atomic mass is 16.5. The van der Waals surface area contributed by atoms with Crippen molar-refractivity contribution >= 4 is 38.9 Å². The number of rotatable bonds is 2. The summed E-state index contributed by atoms with van der Waals surface area (Å²) in [5.74, 6) is 0.249. The highest BCUT2D eigenvalue weighted by Gasteiger charge is 2.45. The van der Waals surface area contributed by atoms with Crippen molar-refractivity contribution < 1.29 is 24.9 Å². The van der Waals surface area contributed by atoms with Gasteiger partial charge in [-0.3, -0.25) is 4.79 Å². The van der Waals surface area contributed by atoms with Crippen LogP contribution in [0.5, 0.6) is 5.75 Å². The topological polar surface area (TPSA) is 158 Å². The minimum atomic E-state index is -2.53. The summed E-state index contributed by atoms with van der Waals surface area (Å²) in [6.45, 7) is 5.94. The Hall–Kier alpha value is -3.28. The number of fused-ring (bicyclic) bond motifs is 2. The van der Waals surface area contributed by atoms with E-state index in [-0.39, 0.29) is 35.9 Å². The number of anilines is 2. The minimum Gasteiger partial charge on any atom is -0.489 e. The van der Waals surface area contributed by atoms with Crippen molar-refractivity contribution in [2.24, 2.45) is 0 Å². The van der Waals surface area contributed by atoms with E-state index in [9.17, 15) is 20.1 Å². The molecular formula is C21H28B2N6O5. The molecule has 0 saturated carbocycles. The zero-order chi connectivity index (χ0) is 25.0. The number of aryl methyl sites for hydroxylation is 1. The molecule has 34 heavy (non-hydrogen) atoms. The number of nitrogen functional groups attached to an aromatic ring is 1. The van der Waals surface area contributed by atoms with Gasteiger partial charge in [0.15, 0.2) is 32.8 Å². The molecular weight excluding hydrogens is 438 g/mol. The van der Waals surface area contributed by atoms with Crippen LogP contribution in [0.1, 0.15) is 34.0 Å². The smallest absolute Gasteiger partial charge is 0.259 e. The first-order valence-electron chi connectivity index (χ1n) is 10.9. The fourth-order valence-corrected chi connectivity index (χ4v) is 3.92. The summed E-state index contributed by atoms with van der Waals surface area (Å²) in [4.78, 5) is 18.9. The lowest BCUT2D eigenvalue weighted by molar-refractivity contribution is -0.182. The molecule has 6 N–H and O–H groups in total. The van der Waals surface area contributed by atoms with Gasteiger partial charge >= 0.3 is 0 Å². The van der Waals surface area contributed by atoms with E-state index >= 15 is 0 Å². The molecule has 0 spiro atoms. The van der Waals surface area contributed by atoms with Crippen molar-refractivity contribution in [2.45, 2.75) is 44.7 Å². The summed E-state index contributed by atoms with van der Waals surface area (Å²) in [5.41, 5.74) is 4.19. The molecule has 1 aliphatic heterocycles. The second-order valence-electron chi connectivity index (χ2n) is 9.06. The highest BCUT2D eigenvalue weighted by molar-refractivity contribution is 6.25. The Morgan fingerprint density at radius 2 is 1.94 bits per heavy atom. The van der Waals surface area contributed by atoms with Crippen LogP contribution in [0.2, 0.25) is 0 Å². The largest absolute Gasteiger partial charge is 0.489 e. The number of nitrogens with zero attached hydrogens (tertiary/aromatic N) is 4. The number of ether oxygens (including phenoxy) is 1. The highest BCUT2D eigenvalue weighted by Crippen LogP contribution is 2.34. The van der Waals surface area contributed by atoms with Crippen molar-refractivity contribution in [2.75, 3.05) is 17.2 Å². The average molecular weight is 466 g/mol. The van der Waals surface area contributed by atoms with Crippen molar-refractivity contribution in [3.05, 3.63) is 46.6 Å². The molecule has 0 aliphatic carbocycles. The second kappa shape index (κ2) is 8.19. The summed E-state index contributed by atoms with van der Waals surface area (Å²) in [7, 11) is 2.37. The van der Waals surface area contributed by atoms with Gasteiger partial charge in [-0.25, -0.2) is 9.50 Å². The van der Waals surface area contributed by atoms with E-state index in [1.54, 1.807) is 12.3 Å². The van der Waals surface area contributed by atoms with Crippen molar-refractivity contribution in [3.63, 3.8) is 0 Å². The number of carbonyl (C=O) groups is 1. The lowest BCUT2D eigenvalue weighted by Crippen LogP contribution is -2.66. The number of aromatic nitrogens is 3. The third-order valence-electron chi connectivity index (χ3n) is 6.44. The third-order valence-corrected chi connectivity index (χ3v) is 6.44. The molecule has 4 rings (SSSR count). The monoisotopic (exact) mass is 466 g/mol. The van der Waals surface area contributed by atoms with Crippen LogP contribution in [0, 0.1) is 13.8 Å². The number of nitrogens with one attached hydrogen (secondary N) is 1. The van der Waals surface area contributed by atoms with Crippen LogP contribution in [0.4, 0.5) is 11.6 Å². The molecule has 1 amide bonds. The van der Waals surface area contributed by atoms with E-state index in [4.69, 9.17) is 10.5 Å². The van der Waals surface area contributed by atoms with E-state index in [1.165, 1.54) is 17.3 Å². The minimum absolute atomic E-state index is 0.00665. The van der Waals surface area contributed by atoms with Gasteiger partial charge in [0.05, 0.1) is 13.1 Å². The molecule has 3 aromatic rings. The third kappa shape index (κ3) is 3.95. The number of aliphatic hydroxyl groups is 3. The maximum absolute atomic E-state index is 13.0. The van der Waals surface area contributed by atoms with Gasteiger partial charge in [-0.05, 0) is 44.0 Å². The van der Waals surface area contributed by atoms with Crippen LogP contribution >= 0.6 is 0 Å². The Bertz CT molecular complexity index is 1270. The second-order valence-corrected chi connectivity index (χ2v) is 9.06. The van der Waals surface area contributed by atoms with E-state index in [0.29, 0.717) is 5.75 Å². The van der Waals surface area contributed by atoms with E-state index in [0.717, 1.165) is 24.5 Å². The SMILES string of the molecule is BC(O)(O)C(B)(O)N1Cc2c(ccc(C)c2C)O[C@@H](C)CNC(=O)c2c(N)nn3ccc1nc23. The van der Waals surface area contributed by atoms with Crippen LogP contribution in [-0.2, 0) is 6.54 Å². The molecule has 178 valence electrons. The lowest BCUT2D eigenvalue weighted by atomic mass is 9.71. The van der Waals surface area contributed by atoms with Crippen LogP contribution in [0.25, 0.3) is 5.65 Å². The van der Waals surface area contributed by atoms with E-state index < -0.39 is 23.3 Å². The first-order valence-corrected chi connectivity index (χ1v) is 10.9. The molecule has 1 aliphatic rings. The quantitative estimate of drug-likeness (QED) is 0.213. The molecule has 2 atom stereocenters. The molecule has 0 saturated heterocycles. The Morgan fingerprint density at radius 3 is 2.62 bits per heavy atom. The van der Waals surface area contributed by atoms with Crippen LogP contribution in [0.3, 0.4) is 0 Å². The lowest BCUT2D eigenvalue weighted by Gasteiger charge is -2.45. The summed E-state index contributed by atoms with van der Waals surface area (Å²) in [5, 5.41) is 39.2. The zero-order valence-electron chi connectivity index (χ0n) is 19.8. The predicted molar refractivity (Wildman–Crippen MR) is 131 cm³/mol. The van der Waals surface area contributed by atoms with Crippen molar-refractivity contribution in [1.82, 2.24) is 19.9 Å². The first-order chi connectivity index (χ1) is 15.8. The average Bonchev–Trinajstić information content (AvgIpc) is 3.08. The van der Waals surface area contributed by atoms with Gasteiger partial charge in [0.1, 0.15) is 28.9 Å². The predicted octanol–water partition coefficient (Wildman–Crippen LogP) is -2.00. The number of amides is 1. The Kier molecular flexibility index (Phi) is 5.75. The Morgan fingerprint density at radius 1 is 1.24 bits per heavy atom. The van der Waals surface area contributed by atoms with E-state index in [1.807, 2.05) is 32.9 Å². The molecule has 0 fully saturated rings. The fourth-order valence-electron chi connectivity index (χ4n) is 3.92. The summed E-state index contributed by atoms with van der Waals surface area (Å²) >= 11 is 0. The first kappa shape index (κ1) is 23.9. The van der Waals surface area contributed by atoms with Crippen molar-refractivity contribution in [1.29, 1.82) is 0 Å². The molecule has 1 aromatic carbocycles. The van der Waals surface area contributed by atoms with Gasteiger partial charge in [0.25, 0.3) is 5.91 Å². The van der Waals surface area contributed by atoms with Crippen molar-refractivity contribution in [3.8, 4) is 5.75 Å². The molecule has 2 bridgehead atoms. The normalized spacial score (nSPS) is 18.8. The Balaban J connectivity index is 2.01. The van der Waals surface area contributed by atoms with Gasteiger partial charge in [-0.2, -0.15) is 0 Å². The zero-order valence-corrected chi connectivity index (χ0v) is 19.8. The maximum atomic E-state index is 13.0. The summed E-state index contributed by atoms with van der Waals surface area (Å²) in [6, 6.07) is 5.30. The molecule has 1 unspecified atom stereocenters. The standard InChI is InChI=1S/C21H28B2N6O5/c1-10-4-5-14-13(12(10)3)9-28(20(22,31)21(23,32)33)15-6-7-29-18(26-15)16(17(24)27-29)19(30)25-8-11(2)34-14/h4-7,11,31-33H,8-9,22-23H2,1-3H3,(H2,24,27)(H,25,30)/t11-,20?/m0/s1. The van der Waals surface area contributed by atoms with Gasteiger partial charge in [0, 0.05) is 11.8 Å². The molecule has 13 heteroatoms. The Labute approximate surface area is 198 Å². The van der Waals surface area contributed by atoms with Crippen LogP contribution < -0.4 is 20.7 Å². The molecule has 11 nitrogen and oxygen atoms in total. The summed E-state index contributed by atoms with van der Waals surface area (Å²) < 4.78 is 7.53. The number of carbonyl (C=O) groups excluding carboxylic acids is 1.